The van der Waals surface area contributed by atoms with Gasteiger partial charge in [0.1, 0.15) is 0 Å². The fourth-order valence-electron chi connectivity index (χ4n) is 3.31. The lowest BCUT2D eigenvalue weighted by molar-refractivity contribution is -0.141. The zero-order valence-electron chi connectivity index (χ0n) is 13.3. The molecule has 0 saturated heterocycles. The second-order valence-electron chi connectivity index (χ2n) is 6.70. The van der Waals surface area contributed by atoms with Crippen LogP contribution in [0, 0.1) is 0 Å². The van der Waals surface area contributed by atoms with Crippen LogP contribution < -0.4 is 5.32 Å². The fraction of sp³-hybridized carbons (Fsp3) is 0.750. The summed E-state index contributed by atoms with van der Waals surface area (Å²) in [5.74, 6) is -0.105. The van der Waals surface area contributed by atoms with Crippen molar-refractivity contribution in [1.29, 1.82) is 0 Å². The van der Waals surface area contributed by atoms with E-state index in [0.717, 1.165) is 38.5 Å². The predicted molar refractivity (Wildman–Crippen MR) is 83.8 cm³/mol. The van der Waals surface area contributed by atoms with Crippen molar-refractivity contribution in [3.63, 3.8) is 0 Å². The van der Waals surface area contributed by atoms with Gasteiger partial charge in [0.05, 0.1) is 17.3 Å². The zero-order chi connectivity index (χ0) is 17.3. The summed E-state index contributed by atoms with van der Waals surface area (Å²) < 4.78 is 40.3. The number of rotatable bonds is 5. The summed E-state index contributed by atoms with van der Waals surface area (Å²) in [5, 5.41) is 6.30. The van der Waals surface area contributed by atoms with E-state index < -0.39 is 11.9 Å². The zero-order valence-corrected chi connectivity index (χ0v) is 14.1. The van der Waals surface area contributed by atoms with E-state index in [1.165, 1.54) is 11.1 Å². The summed E-state index contributed by atoms with van der Waals surface area (Å²) in [6.07, 6.45) is 2.55. The molecule has 1 N–H and O–H groups in total. The maximum Gasteiger partial charge on any atom is 0.436 e. The maximum absolute atomic E-state index is 13.0. The third-order valence-corrected chi connectivity index (χ3v) is 5.06. The Labute approximate surface area is 143 Å². The molecule has 24 heavy (non-hydrogen) atoms. The van der Waals surface area contributed by atoms with Crippen LogP contribution in [0.1, 0.15) is 68.7 Å². The first kappa shape index (κ1) is 17.6. The number of aryl methyl sites for hydroxylation is 1. The van der Waals surface area contributed by atoms with E-state index in [9.17, 15) is 18.0 Å². The Hall–Kier alpha value is -1.24. The van der Waals surface area contributed by atoms with Crippen LogP contribution in [0.5, 0.6) is 0 Å². The molecule has 1 heterocycles. The largest absolute Gasteiger partial charge is 0.436 e. The van der Waals surface area contributed by atoms with Crippen LogP contribution in [0.15, 0.2) is 0 Å². The van der Waals surface area contributed by atoms with Gasteiger partial charge in [0, 0.05) is 18.4 Å². The molecule has 0 aliphatic heterocycles. The van der Waals surface area contributed by atoms with Crippen molar-refractivity contribution in [3.05, 3.63) is 16.4 Å². The monoisotopic (exact) mass is 363 g/mol. The first-order chi connectivity index (χ1) is 11.4. The third-order valence-electron chi connectivity index (χ3n) is 4.69. The molecule has 4 nitrogen and oxygen atoms in total. The Kier molecular flexibility index (Phi) is 5.08. The average Bonchev–Trinajstić information content (AvgIpc) is 3.29. The van der Waals surface area contributed by atoms with Gasteiger partial charge in [-0.25, -0.2) is 0 Å². The molecule has 0 radical (unpaired) electrons. The highest BCUT2D eigenvalue weighted by atomic mass is 35.5. The number of carbonyl (C=O) groups is 1. The van der Waals surface area contributed by atoms with Crippen LogP contribution in [0.4, 0.5) is 13.2 Å². The molecule has 8 heteroatoms. The standard InChI is InChI=1S/C16H21ClF3N3O/c17-13-14(10-6-7-10)23(22-15(13)16(18,19)20)9-8-12(24)21-11-4-2-1-3-5-11/h10-11H,1-9H2,(H,21,24). The number of halogens is 4. The van der Waals surface area contributed by atoms with E-state index in [1.807, 2.05) is 0 Å². The summed E-state index contributed by atoms with van der Waals surface area (Å²) in [6.45, 7) is 0.125. The molecular weight excluding hydrogens is 343 g/mol. The van der Waals surface area contributed by atoms with Crippen molar-refractivity contribution in [3.8, 4) is 0 Å². The Morgan fingerprint density at radius 2 is 1.88 bits per heavy atom. The highest BCUT2D eigenvalue weighted by molar-refractivity contribution is 6.32. The molecule has 1 aromatic heterocycles. The fourth-order valence-corrected chi connectivity index (χ4v) is 3.70. The molecule has 0 atom stereocenters. The van der Waals surface area contributed by atoms with Gasteiger partial charge in [0.25, 0.3) is 0 Å². The summed E-state index contributed by atoms with van der Waals surface area (Å²) in [5.41, 5.74) is -0.617. The summed E-state index contributed by atoms with van der Waals surface area (Å²) in [4.78, 5) is 12.1. The van der Waals surface area contributed by atoms with Gasteiger partial charge in [-0.2, -0.15) is 18.3 Å². The topological polar surface area (TPSA) is 46.9 Å². The molecule has 134 valence electrons. The van der Waals surface area contributed by atoms with E-state index in [1.54, 1.807) is 0 Å². The molecule has 2 fully saturated rings. The van der Waals surface area contributed by atoms with Gasteiger partial charge in [0.15, 0.2) is 5.69 Å². The maximum atomic E-state index is 13.0. The van der Waals surface area contributed by atoms with Gasteiger partial charge < -0.3 is 5.32 Å². The van der Waals surface area contributed by atoms with E-state index in [2.05, 4.69) is 10.4 Å². The lowest BCUT2D eigenvalue weighted by atomic mass is 9.95. The number of hydrogen-bond donors (Lipinski definition) is 1. The second kappa shape index (κ2) is 6.94. The van der Waals surface area contributed by atoms with Crippen molar-refractivity contribution >= 4 is 17.5 Å². The minimum atomic E-state index is -4.57. The van der Waals surface area contributed by atoms with Gasteiger partial charge in [0.2, 0.25) is 5.91 Å². The number of hydrogen-bond acceptors (Lipinski definition) is 2. The summed E-state index contributed by atoms with van der Waals surface area (Å²) in [6, 6.07) is 0.195. The number of amides is 1. The molecule has 2 aliphatic rings. The Bertz CT molecular complexity index is 604. The summed E-state index contributed by atoms with van der Waals surface area (Å²) in [7, 11) is 0. The Morgan fingerprint density at radius 3 is 2.46 bits per heavy atom. The minimum Gasteiger partial charge on any atom is -0.353 e. The van der Waals surface area contributed by atoms with E-state index in [4.69, 9.17) is 11.6 Å². The minimum absolute atomic E-state index is 0.0301. The molecular formula is C16H21ClF3N3O. The van der Waals surface area contributed by atoms with E-state index in [0.29, 0.717) is 5.69 Å². The van der Waals surface area contributed by atoms with Crippen molar-refractivity contribution in [2.75, 3.05) is 0 Å². The van der Waals surface area contributed by atoms with E-state index in [-0.39, 0.29) is 35.9 Å². The van der Waals surface area contributed by atoms with Crippen LogP contribution in [-0.2, 0) is 17.5 Å². The van der Waals surface area contributed by atoms with Gasteiger partial charge >= 0.3 is 6.18 Å². The molecule has 1 amide bonds. The molecule has 0 bridgehead atoms. The van der Waals surface area contributed by atoms with Gasteiger partial charge in [-0.3, -0.25) is 9.48 Å². The second-order valence-corrected chi connectivity index (χ2v) is 7.07. The molecule has 3 rings (SSSR count). The normalized spacial score (nSPS) is 19.5. The molecule has 0 aromatic carbocycles. The van der Waals surface area contributed by atoms with Crippen LogP contribution in [0.25, 0.3) is 0 Å². The molecule has 1 aromatic rings. The highest BCUT2D eigenvalue weighted by Gasteiger charge is 2.42. The quantitative estimate of drug-likeness (QED) is 0.849. The van der Waals surface area contributed by atoms with Crippen molar-refractivity contribution in [1.82, 2.24) is 15.1 Å². The van der Waals surface area contributed by atoms with Crippen LogP contribution >= 0.6 is 11.6 Å². The van der Waals surface area contributed by atoms with Crippen molar-refractivity contribution in [2.45, 2.75) is 76.0 Å². The highest BCUT2D eigenvalue weighted by Crippen LogP contribution is 2.46. The molecule has 0 unspecified atom stereocenters. The number of alkyl halides is 3. The number of carbonyl (C=O) groups excluding carboxylic acids is 1. The lowest BCUT2D eigenvalue weighted by Gasteiger charge is -2.22. The number of aromatic nitrogens is 2. The first-order valence-corrected chi connectivity index (χ1v) is 8.87. The third kappa shape index (κ3) is 4.05. The van der Waals surface area contributed by atoms with Crippen molar-refractivity contribution < 1.29 is 18.0 Å². The lowest BCUT2D eigenvalue weighted by Crippen LogP contribution is -2.36. The Balaban J connectivity index is 1.65. The first-order valence-electron chi connectivity index (χ1n) is 8.49. The van der Waals surface area contributed by atoms with Crippen LogP contribution in [0.2, 0.25) is 5.02 Å². The molecule has 2 aliphatic carbocycles. The predicted octanol–water partition coefficient (Wildman–Crippen LogP) is 4.27. The molecule has 0 spiro atoms. The summed E-state index contributed by atoms with van der Waals surface area (Å²) >= 11 is 5.92. The average molecular weight is 364 g/mol. The molecule has 2 saturated carbocycles. The van der Waals surface area contributed by atoms with Crippen molar-refractivity contribution in [2.24, 2.45) is 0 Å². The van der Waals surface area contributed by atoms with Crippen LogP contribution in [0.3, 0.4) is 0 Å². The smallest absolute Gasteiger partial charge is 0.353 e. The Morgan fingerprint density at radius 1 is 1.21 bits per heavy atom. The van der Waals surface area contributed by atoms with E-state index >= 15 is 0 Å². The van der Waals surface area contributed by atoms with Gasteiger partial charge in [-0.15, -0.1) is 0 Å². The van der Waals surface area contributed by atoms with Gasteiger partial charge in [-0.05, 0) is 25.7 Å². The SMILES string of the molecule is O=C(CCn1nc(C(F)(F)F)c(Cl)c1C1CC1)NC1CCCCC1. The van der Waals surface area contributed by atoms with Gasteiger partial charge in [-0.1, -0.05) is 30.9 Å². The number of nitrogens with one attached hydrogen (secondary N) is 1. The number of nitrogens with zero attached hydrogens (tertiary/aromatic N) is 2. The van der Waals surface area contributed by atoms with Crippen LogP contribution in [-0.4, -0.2) is 21.7 Å².